The minimum Gasteiger partial charge on any atom is -0.399 e. The van der Waals surface area contributed by atoms with E-state index in [0.29, 0.717) is 5.69 Å². The van der Waals surface area contributed by atoms with Crippen molar-refractivity contribution in [2.24, 2.45) is 0 Å². The number of nitrogens with zero attached hydrogens (tertiary/aromatic N) is 2. The van der Waals surface area contributed by atoms with Crippen molar-refractivity contribution in [2.45, 2.75) is 4.90 Å². The number of nitrogen functional groups attached to an aromatic ring is 1. The standard InChI is InChI=1S/C10H8Cl2N4O2S/c11-8-9(12)14-5-15-10(8)16-19(17,18)7-3-1-2-6(13)4-7/h1-5H,13H2,(H,14,15,16). The van der Waals surface area contributed by atoms with Crippen molar-refractivity contribution in [3.8, 4) is 0 Å². The predicted molar refractivity (Wildman–Crippen MR) is 73.7 cm³/mol. The van der Waals surface area contributed by atoms with Gasteiger partial charge in [-0.05, 0) is 18.2 Å². The Morgan fingerprint density at radius 2 is 1.95 bits per heavy atom. The summed E-state index contributed by atoms with van der Waals surface area (Å²) in [4.78, 5) is 7.35. The second-order valence-electron chi connectivity index (χ2n) is 3.51. The maximum Gasteiger partial charge on any atom is 0.263 e. The summed E-state index contributed by atoms with van der Waals surface area (Å²) in [5, 5.41) is -0.112. The van der Waals surface area contributed by atoms with Crippen molar-refractivity contribution in [1.29, 1.82) is 0 Å². The molecule has 0 amide bonds. The molecule has 0 spiro atoms. The Hall–Kier alpha value is -1.57. The summed E-state index contributed by atoms with van der Waals surface area (Å²) in [5.74, 6) is -0.0934. The van der Waals surface area contributed by atoms with Gasteiger partial charge in [0.05, 0.1) is 4.90 Å². The van der Waals surface area contributed by atoms with Crippen molar-refractivity contribution >= 4 is 44.7 Å². The third kappa shape index (κ3) is 3.06. The average molecular weight is 319 g/mol. The van der Waals surface area contributed by atoms with Gasteiger partial charge in [0.25, 0.3) is 10.0 Å². The monoisotopic (exact) mass is 318 g/mol. The minimum absolute atomic E-state index is 0.00157. The Morgan fingerprint density at radius 1 is 1.21 bits per heavy atom. The molecule has 1 aromatic heterocycles. The molecule has 0 aliphatic rings. The van der Waals surface area contributed by atoms with Crippen LogP contribution >= 0.6 is 23.2 Å². The number of hydrogen-bond acceptors (Lipinski definition) is 5. The molecule has 0 radical (unpaired) electrons. The molecule has 0 saturated carbocycles. The van der Waals surface area contributed by atoms with Crippen LogP contribution in [0.2, 0.25) is 10.2 Å². The lowest BCUT2D eigenvalue weighted by molar-refractivity contribution is 0.601. The van der Waals surface area contributed by atoms with Gasteiger partial charge in [0, 0.05) is 5.69 Å². The van der Waals surface area contributed by atoms with Crippen LogP contribution in [-0.4, -0.2) is 18.4 Å². The molecule has 9 heteroatoms. The highest BCUT2D eigenvalue weighted by Crippen LogP contribution is 2.27. The Balaban J connectivity index is 2.39. The smallest absolute Gasteiger partial charge is 0.263 e. The van der Waals surface area contributed by atoms with Gasteiger partial charge >= 0.3 is 0 Å². The molecular weight excluding hydrogens is 311 g/mol. The Morgan fingerprint density at radius 3 is 2.63 bits per heavy atom. The van der Waals surface area contributed by atoms with Crippen molar-refractivity contribution < 1.29 is 8.42 Å². The highest BCUT2D eigenvalue weighted by molar-refractivity contribution is 7.92. The first-order valence-corrected chi connectivity index (χ1v) is 7.18. The third-order valence-corrected chi connectivity index (χ3v) is 4.22. The summed E-state index contributed by atoms with van der Waals surface area (Å²) in [6, 6.07) is 5.82. The predicted octanol–water partition coefficient (Wildman–Crippen LogP) is 2.17. The van der Waals surface area contributed by atoms with E-state index in [1.54, 1.807) is 6.07 Å². The Labute approximate surface area is 119 Å². The van der Waals surface area contributed by atoms with Crippen LogP contribution in [-0.2, 0) is 10.0 Å². The van der Waals surface area contributed by atoms with Crippen molar-refractivity contribution in [2.75, 3.05) is 10.5 Å². The van der Waals surface area contributed by atoms with Crippen LogP contribution in [0.4, 0.5) is 11.5 Å². The van der Waals surface area contributed by atoms with E-state index in [0.717, 1.165) is 6.33 Å². The maximum atomic E-state index is 12.1. The van der Waals surface area contributed by atoms with Gasteiger partial charge in [-0.1, -0.05) is 29.3 Å². The van der Waals surface area contributed by atoms with Gasteiger partial charge in [-0.2, -0.15) is 0 Å². The normalized spacial score (nSPS) is 11.3. The van der Waals surface area contributed by atoms with E-state index in [1.807, 2.05) is 0 Å². The zero-order valence-corrected chi connectivity index (χ0v) is 11.7. The summed E-state index contributed by atoms with van der Waals surface area (Å²) in [5.41, 5.74) is 5.87. The Kier molecular flexibility index (Phi) is 3.79. The second kappa shape index (κ2) is 5.20. The lowest BCUT2D eigenvalue weighted by Gasteiger charge is -2.09. The lowest BCUT2D eigenvalue weighted by atomic mass is 10.3. The quantitative estimate of drug-likeness (QED) is 0.667. The summed E-state index contributed by atoms with van der Waals surface area (Å²) >= 11 is 11.5. The average Bonchev–Trinajstić information content (AvgIpc) is 2.35. The van der Waals surface area contributed by atoms with Crippen LogP contribution in [0.25, 0.3) is 0 Å². The minimum atomic E-state index is -3.84. The van der Waals surface area contributed by atoms with E-state index in [4.69, 9.17) is 28.9 Å². The van der Waals surface area contributed by atoms with E-state index in [2.05, 4.69) is 14.7 Å². The number of benzene rings is 1. The van der Waals surface area contributed by atoms with Gasteiger partial charge in [0.1, 0.15) is 11.3 Å². The molecule has 6 nitrogen and oxygen atoms in total. The number of halogens is 2. The van der Waals surface area contributed by atoms with Gasteiger partial charge in [-0.25, -0.2) is 18.4 Å². The van der Waals surface area contributed by atoms with E-state index in [1.165, 1.54) is 18.2 Å². The summed E-state index contributed by atoms with van der Waals surface area (Å²) < 4.78 is 26.4. The van der Waals surface area contributed by atoms with E-state index >= 15 is 0 Å². The molecule has 19 heavy (non-hydrogen) atoms. The number of anilines is 2. The molecule has 0 aliphatic heterocycles. The molecule has 0 atom stereocenters. The van der Waals surface area contributed by atoms with Crippen LogP contribution in [0.5, 0.6) is 0 Å². The van der Waals surface area contributed by atoms with Gasteiger partial charge in [-0.3, -0.25) is 4.72 Å². The molecule has 2 rings (SSSR count). The largest absolute Gasteiger partial charge is 0.399 e. The molecule has 0 fully saturated rings. The number of rotatable bonds is 3. The number of sulfonamides is 1. The number of hydrogen-bond donors (Lipinski definition) is 2. The van der Waals surface area contributed by atoms with Crippen LogP contribution < -0.4 is 10.5 Å². The summed E-state index contributed by atoms with van der Waals surface area (Å²) in [6.07, 6.45) is 1.10. The van der Waals surface area contributed by atoms with Crippen LogP contribution in [0, 0.1) is 0 Å². The molecule has 0 bridgehead atoms. The zero-order chi connectivity index (χ0) is 14.0. The van der Waals surface area contributed by atoms with Crippen LogP contribution in [0.15, 0.2) is 35.5 Å². The fourth-order valence-corrected chi connectivity index (χ4v) is 2.70. The van der Waals surface area contributed by atoms with E-state index in [-0.39, 0.29) is 20.9 Å². The number of aromatic nitrogens is 2. The Bertz CT molecular complexity index is 721. The van der Waals surface area contributed by atoms with Crippen molar-refractivity contribution in [1.82, 2.24) is 9.97 Å². The molecule has 0 saturated heterocycles. The lowest BCUT2D eigenvalue weighted by Crippen LogP contribution is -2.14. The highest BCUT2D eigenvalue weighted by Gasteiger charge is 2.18. The molecule has 1 heterocycles. The summed E-state index contributed by atoms with van der Waals surface area (Å²) in [6.45, 7) is 0. The SMILES string of the molecule is Nc1cccc(S(=O)(=O)Nc2ncnc(Cl)c2Cl)c1. The van der Waals surface area contributed by atoms with Gasteiger partial charge in [-0.15, -0.1) is 0 Å². The van der Waals surface area contributed by atoms with Crippen LogP contribution in [0.3, 0.4) is 0 Å². The molecule has 3 N–H and O–H groups in total. The fourth-order valence-electron chi connectivity index (χ4n) is 1.29. The van der Waals surface area contributed by atoms with Gasteiger partial charge < -0.3 is 5.73 Å². The fraction of sp³-hybridized carbons (Fsp3) is 0. The van der Waals surface area contributed by atoms with Crippen molar-refractivity contribution in [3.63, 3.8) is 0 Å². The van der Waals surface area contributed by atoms with Gasteiger partial charge in [0.2, 0.25) is 0 Å². The maximum absolute atomic E-state index is 12.1. The second-order valence-corrected chi connectivity index (χ2v) is 5.92. The highest BCUT2D eigenvalue weighted by atomic mass is 35.5. The first-order valence-electron chi connectivity index (χ1n) is 4.94. The third-order valence-electron chi connectivity index (χ3n) is 2.15. The molecular formula is C10H8Cl2N4O2S. The zero-order valence-electron chi connectivity index (χ0n) is 9.34. The number of nitrogens with two attached hydrogens (primary N) is 1. The van der Waals surface area contributed by atoms with Gasteiger partial charge in [0.15, 0.2) is 11.0 Å². The molecule has 0 unspecified atom stereocenters. The first kappa shape index (κ1) is 13.9. The molecule has 1 aromatic carbocycles. The van der Waals surface area contributed by atoms with E-state index < -0.39 is 10.0 Å². The first-order chi connectivity index (χ1) is 8.90. The van der Waals surface area contributed by atoms with Crippen LogP contribution in [0.1, 0.15) is 0 Å². The number of nitrogens with one attached hydrogen (secondary N) is 1. The topological polar surface area (TPSA) is 98.0 Å². The molecule has 0 aliphatic carbocycles. The molecule has 100 valence electrons. The molecule has 2 aromatic rings. The summed E-state index contributed by atoms with van der Waals surface area (Å²) in [7, 11) is -3.84. The van der Waals surface area contributed by atoms with Crippen molar-refractivity contribution in [3.05, 3.63) is 40.8 Å². The van der Waals surface area contributed by atoms with E-state index in [9.17, 15) is 8.42 Å².